The molecule has 0 saturated heterocycles. The minimum Gasteiger partial charge on any atom is -0.468 e. The van der Waals surface area contributed by atoms with Gasteiger partial charge < -0.3 is 24.3 Å². The summed E-state index contributed by atoms with van der Waals surface area (Å²) in [5.41, 5.74) is -0.0958. The first-order valence-corrected chi connectivity index (χ1v) is 4.71. The van der Waals surface area contributed by atoms with Crippen LogP contribution in [0.5, 0.6) is 11.5 Å². The van der Waals surface area contributed by atoms with E-state index < -0.39 is 19.2 Å². The molecule has 100 valence electrons. The van der Waals surface area contributed by atoms with E-state index in [9.17, 15) is 13.2 Å². The van der Waals surface area contributed by atoms with Gasteiger partial charge in [-0.05, 0) is 6.07 Å². The number of hydrogen-bond acceptors (Lipinski definition) is 5. The molecule has 0 aliphatic carbocycles. The van der Waals surface area contributed by atoms with E-state index in [1.807, 2.05) is 0 Å². The number of ether oxygens (including phenoxy) is 3. The first-order chi connectivity index (χ1) is 8.33. The lowest BCUT2D eigenvalue weighted by Gasteiger charge is -2.13. The van der Waals surface area contributed by atoms with Gasteiger partial charge in [-0.2, -0.15) is 0 Å². The molecule has 5 nitrogen and oxygen atoms in total. The third-order valence-corrected chi connectivity index (χ3v) is 1.83. The second-order valence-corrected chi connectivity index (χ2v) is 3.17. The molecule has 0 fully saturated rings. The van der Waals surface area contributed by atoms with Crippen molar-refractivity contribution in [2.75, 3.05) is 13.9 Å². The maximum absolute atomic E-state index is 12.0. The van der Waals surface area contributed by atoms with Gasteiger partial charge in [-0.1, -0.05) is 6.07 Å². The SMILES string of the molecule is COCOc1cc(OC(F)(F)F)ccc1B(O)O. The molecule has 18 heavy (non-hydrogen) atoms. The molecule has 1 aromatic carbocycles. The molecule has 0 radical (unpaired) electrons. The number of hydrogen-bond donors (Lipinski definition) is 2. The van der Waals surface area contributed by atoms with Crippen LogP contribution in [0.2, 0.25) is 0 Å². The Hall–Kier alpha value is -1.45. The molecule has 0 aromatic heterocycles. The lowest BCUT2D eigenvalue weighted by atomic mass is 9.79. The van der Waals surface area contributed by atoms with Crippen molar-refractivity contribution in [3.63, 3.8) is 0 Å². The van der Waals surface area contributed by atoms with Crippen molar-refractivity contribution in [2.45, 2.75) is 6.36 Å². The molecular formula is C9H10BF3O5. The molecular weight excluding hydrogens is 256 g/mol. The Morgan fingerprint density at radius 2 is 1.94 bits per heavy atom. The van der Waals surface area contributed by atoms with E-state index in [2.05, 4.69) is 9.47 Å². The highest BCUT2D eigenvalue weighted by molar-refractivity contribution is 6.59. The zero-order valence-electron chi connectivity index (χ0n) is 9.27. The van der Waals surface area contributed by atoms with Crippen molar-refractivity contribution >= 4 is 12.6 Å². The molecule has 0 amide bonds. The third-order valence-electron chi connectivity index (χ3n) is 1.83. The van der Waals surface area contributed by atoms with Gasteiger partial charge in [0, 0.05) is 18.6 Å². The number of methoxy groups -OCH3 is 1. The molecule has 0 unspecified atom stereocenters. The normalized spacial score (nSPS) is 11.2. The minimum atomic E-state index is -4.84. The van der Waals surface area contributed by atoms with Gasteiger partial charge in [-0.3, -0.25) is 0 Å². The Kier molecular flexibility index (Phi) is 4.82. The Morgan fingerprint density at radius 1 is 1.28 bits per heavy atom. The number of alkyl halides is 3. The zero-order chi connectivity index (χ0) is 13.8. The maximum Gasteiger partial charge on any atom is 0.573 e. The van der Waals surface area contributed by atoms with Gasteiger partial charge in [-0.15, -0.1) is 13.2 Å². The monoisotopic (exact) mass is 266 g/mol. The first-order valence-electron chi connectivity index (χ1n) is 4.71. The van der Waals surface area contributed by atoms with Crippen LogP contribution in [0.3, 0.4) is 0 Å². The van der Waals surface area contributed by atoms with Crippen molar-refractivity contribution < 1.29 is 37.4 Å². The summed E-state index contributed by atoms with van der Waals surface area (Å²) in [6.07, 6.45) is -4.84. The fourth-order valence-corrected chi connectivity index (χ4v) is 1.17. The number of benzene rings is 1. The molecule has 0 atom stereocenters. The van der Waals surface area contributed by atoms with Gasteiger partial charge in [0.1, 0.15) is 11.5 Å². The molecule has 0 spiro atoms. The summed E-state index contributed by atoms with van der Waals surface area (Å²) < 4.78 is 49.2. The summed E-state index contributed by atoms with van der Waals surface area (Å²) in [7, 11) is -0.567. The van der Waals surface area contributed by atoms with Crippen LogP contribution in [0.4, 0.5) is 13.2 Å². The van der Waals surface area contributed by atoms with Gasteiger partial charge in [-0.25, -0.2) is 0 Å². The average Bonchev–Trinajstić information content (AvgIpc) is 2.23. The van der Waals surface area contributed by atoms with Crippen LogP contribution in [0.1, 0.15) is 0 Å². The summed E-state index contributed by atoms with van der Waals surface area (Å²) in [5.74, 6) is -0.702. The van der Waals surface area contributed by atoms with Gasteiger partial charge in [0.15, 0.2) is 6.79 Å². The Bertz CT molecular complexity index is 396. The van der Waals surface area contributed by atoms with Gasteiger partial charge in [0.25, 0.3) is 0 Å². The molecule has 0 aliphatic heterocycles. The van der Waals surface area contributed by atoms with Crippen molar-refractivity contribution in [3.8, 4) is 11.5 Å². The predicted molar refractivity (Wildman–Crippen MR) is 55.5 cm³/mol. The quantitative estimate of drug-likeness (QED) is 0.590. The first kappa shape index (κ1) is 14.6. The Morgan fingerprint density at radius 3 is 2.44 bits per heavy atom. The van der Waals surface area contributed by atoms with Crippen LogP contribution in [0.15, 0.2) is 18.2 Å². The van der Waals surface area contributed by atoms with E-state index in [0.717, 1.165) is 18.2 Å². The van der Waals surface area contributed by atoms with Gasteiger partial charge in [0.05, 0.1) is 0 Å². The van der Waals surface area contributed by atoms with Gasteiger partial charge >= 0.3 is 13.5 Å². The van der Waals surface area contributed by atoms with E-state index in [4.69, 9.17) is 14.8 Å². The van der Waals surface area contributed by atoms with E-state index in [-0.39, 0.29) is 18.0 Å². The third kappa shape index (κ3) is 4.44. The van der Waals surface area contributed by atoms with Crippen molar-refractivity contribution in [1.82, 2.24) is 0 Å². The highest BCUT2D eigenvalue weighted by Crippen LogP contribution is 2.25. The number of rotatable bonds is 5. The standard InChI is InChI=1S/C9H10BF3O5/c1-16-5-17-8-4-6(18-9(11,12)13)2-3-7(8)10(14)15/h2-4,14-15H,5H2,1H3. The average molecular weight is 266 g/mol. The van der Waals surface area contributed by atoms with Crippen molar-refractivity contribution in [1.29, 1.82) is 0 Å². The Labute approximate surface area is 101 Å². The summed E-state index contributed by atoms with van der Waals surface area (Å²) in [5, 5.41) is 18.0. The summed E-state index contributed by atoms with van der Waals surface area (Å²) >= 11 is 0. The van der Waals surface area contributed by atoms with Crippen LogP contribution in [-0.2, 0) is 4.74 Å². The van der Waals surface area contributed by atoms with E-state index in [1.54, 1.807) is 0 Å². The molecule has 0 heterocycles. The summed E-state index contributed by atoms with van der Waals surface area (Å²) in [4.78, 5) is 0. The molecule has 0 aliphatic rings. The number of halogens is 3. The highest BCUT2D eigenvalue weighted by atomic mass is 19.4. The highest BCUT2D eigenvalue weighted by Gasteiger charge is 2.31. The van der Waals surface area contributed by atoms with Crippen LogP contribution in [-0.4, -0.2) is 37.4 Å². The molecule has 2 N–H and O–H groups in total. The lowest BCUT2D eigenvalue weighted by molar-refractivity contribution is -0.274. The molecule has 9 heteroatoms. The van der Waals surface area contributed by atoms with E-state index in [0.29, 0.717) is 0 Å². The van der Waals surface area contributed by atoms with Crippen LogP contribution < -0.4 is 14.9 Å². The van der Waals surface area contributed by atoms with E-state index >= 15 is 0 Å². The molecule has 1 rings (SSSR count). The second kappa shape index (κ2) is 5.94. The minimum absolute atomic E-state index is 0.0958. The topological polar surface area (TPSA) is 68.2 Å². The summed E-state index contributed by atoms with van der Waals surface area (Å²) in [6.45, 7) is -0.255. The van der Waals surface area contributed by atoms with Crippen LogP contribution >= 0.6 is 0 Å². The zero-order valence-corrected chi connectivity index (χ0v) is 9.27. The van der Waals surface area contributed by atoms with Crippen molar-refractivity contribution in [2.24, 2.45) is 0 Å². The van der Waals surface area contributed by atoms with E-state index in [1.165, 1.54) is 7.11 Å². The largest absolute Gasteiger partial charge is 0.573 e. The Balaban J connectivity index is 2.97. The predicted octanol–water partition coefficient (Wildman–Crippen LogP) is 0.248. The van der Waals surface area contributed by atoms with Crippen LogP contribution in [0.25, 0.3) is 0 Å². The molecule has 0 saturated carbocycles. The van der Waals surface area contributed by atoms with Crippen LogP contribution in [0, 0.1) is 0 Å². The molecule has 0 bridgehead atoms. The van der Waals surface area contributed by atoms with Crippen molar-refractivity contribution in [3.05, 3.63) is 18.2 Å². The second-order valence-electron chi connectivity index (χ2n) is 3.17. The summed E-state index contributed by atoms with van der Waals surface area (Å²) in [6, 6.07) is 2.89. The smallest absolute Gasteiger partial charge is 0.468 e. The lowest BCUT2D eigenvalue weighted by Crippen LogP contribution is -2.31. The maximum atomic E-state index is 12.0. The molecule has 1 aromatic rings. The fourth-order valence-electron chi connectivity index (χ4n) is 1.17. The van der Waals surface area contributed by atoms with Gasteiger partial charge in [0.2, 0.25) is 0 Å². The fraction of sp³-hybridized carbons (Fsp3) is 0.333.